The first-order valence-corrected chi connectivity index (χ1v) is 6.11. The molecule has 0 saturated heterocycles. The molecule has 1 N–H and O–H groups in total. The third-order valence-corrected chi connectivity index (χ3v) is 2.43. The van der Waals surface area contributed by atoms with Gasteiger partial charge in [0.05, 0.1) is 18.7 Å². The van der Waals surface area contributed by atoms with Gasteiger partial charge in [-0.2, -0.15) is 10.2 Å². The number of aromatic nitrogens is 2. The van der Waals surface area contributed by atoms with Crippen LogP contribution in [0.2, 0.25) is 0 Å². The van der Waals surface area contributed by atoms with Gasteiger partial charge in [0.25, 0.3) is 0 Å². The van der Waals surface area contributed by atoms with Crippen molar-refractivity contribution in [1.29, 1.82) is 5.26 Å². The van der Waals surface area contributed by atoms with Gasteiger partial charge < -0.3 is 10.2 Å². The van der Waals surface area contributed by atoms with Crippen LogP contribution in [0, 0.1) is 17.1 Å². The van der Waals surface area contributed by atoms with E-state index in [2.05, 4.69) is 15.3 Å². The van der Waals surface area contributed by atoms with Crippen LogP contribution in [0.1, 0.15) is 26.7 Å². The summed E-state index contributed by atoms with van der Waals surface area (Å²) >= 11 is 0. The van der Waals surface area contributed by atoms with Crippen LogP contribution in [0.15, 0.2) is 6.20 Å². The largest absolute Gasteiger partial charge is 0.354 e. The van der Waals surface area contributed by atoms with Gasteiger partial charge in [0.15, 0.2) is 11.6 Å². The maximum absolute atomic E-state index is 13.7. The van der Waals surface area contributed by atoms with E-state index in [0.717, 1.165) is 19.2 Å². The quantitative estimate of drug-likeness (QED) is 0.804. The molecule has 0 aliphatic carbocycles. The molecule has 1 rings (SSSR count). The number of hydrogen-bond donors (Lipinski definition) is 1. The Labute approximate surface area is 107 Å². The van der Waals surface area contributed by atoms with Gasteiger partial charge in [-0.3, -0.25) is 0 Å². The standard InChI is InChI=1S/C12H18FN5/c1-3-7-15-12-16-9-10(13)11(17-12)18(4-2)8-5-6-14/h9H,3-5,7-8H2,1-2H3,(H,15,16,17). The van der Waals surface area contributed by atoms with Crippen LogP contribution in [0.4, 0.5) is 16.2 Å². The van der Waals surface area contributed by atoms with Gasteiger partial charge in [-0.25, -0.2) is 9.37 Å². The van der Waals surface area contributed by atoms with Gasteiger partial charge in [-0.1, -0.05) is 6.92 Å². The molecule has 0 unspecified atom stereocenters. The lowest BCUT2D eigenvalue weighted by atomic mass is 10.3. The third-order valence-electron chi connectivity index (χ3n) is 2.43. The number of anilines is 2. The van der Waals surface area contributed by atoms with Crippen LogP contribution in [-0.2, 0) is 0 Å². The number of nitrogens with one attached hydrogen (secondary N) is 1. The number of halogens is 1. The van der Waals surface area contributed by atoms with Gasteiger partial charge in [0.2, 0.25) is 5.95 Å². The van der Waals surface area contributed by atoms with Crippen molar-refractivity contribution in [2.24, 2.45) is 0 Å². The highest BCUT2D eigenvalue weighted by Crippen LogP contribution is 2.17. The molecule has 0 saturated carbocycles. The Morgan fingerprint density at radius 1 is 1.50 bits per heavy atom. The molecule has 1 heterocycles. The predicted molar refractivity (Wildman–Crippen MR) is 68.9 cm³/mol. The van der Waals surface area contributed by atoms with Crippen molar-refractivity contribution in [3.8, 4) is 6.07 Å². The number of nitrogens with zero attached hydrogens (tertiary/aromatic N) is 4. The summed E-state index contributed by atoms with van der Waals surface area (Å²) in [6.45, 7) is 5.74. The molecule has 0 aliphatic heterocycles. The lowest BCUT2D eigenvalue weighted by Gasteiger charge is -2.21. The van der Waals surface area contributed by atoms with Crippen LogP contribution < -0.4 is 10.2 Å². The van der Waals surface area contributed by atoms with E-state index in [1.165, 1.54) is 0 Å². The zero-order valence-electron chi connectivity index (χ0n) is 10.8. The van der Waals surface area contributed by atoms with Crippen LogP contribution >= 0.6 is 0 Å². The van der Waals surface area contributed by atoms with E-state index in [1.807, 2.05) is 19.9 Å². The molecule has 0 radical (unpaired) electrons. The normalized spacial score (nSPS) is 9.89. The Kier molecular flexibility index (Phi) is 5.85. The minimum atomic E-state index is -0.461. The first kappa shape index (κ1) is 14.2. The molecule has 0 spiro atoms. The summed E-state index contributed by atoms with van der Waals surface area (Å²) in [5, 5.41) is 11.6. The average molecular weight is 251 g/mol. The fourth-order valence-electron chi connectivity index (χ4n) is 1.50. The molecule has 0 atom stereocenters. The Bertz CT molecular complexity index is 415. The molecule has 1 aromatic rings. The molecule has 0 fully saturated rings. The van der Waals surface area contributed by atoms with Gasteiger partial charge in [0.1, 0.15) is 0 Å². The number of hydrogen-bond acceptors (Lipinski definition) is 5. The minimum absolute atomic E-state index is 0.251. The summed E-state index contributed by atoms with van der Waals surface area (Å²) in [6.07, 6.45) is 2.45. The molecular weight excluding hydrogens is 233 g/mol. The molecule has 1 aromatic heterocycles. The smallest absolute Gasteiger partial charge is 0.224 e. The first-order valence-electron chi connectivity index (χ1n) is 6.11. The summed E-state index contributed by atoms with van der Waals surface area (Å²) < 4.78 is 13.7. The van der Waals surface area contributed by atoms with Gasteiger partial charge in [-0.15, -0.1) is 0 Å². The van der Waals surface area contributed by atoms with Crippen LogP contribution in [0.3, 0.4) is 0 Å². The highest BCUT2D eigenvalue weighted by molar-refractivity contribution is 5.43. The van der Waals surface area contributed by atoms with E-state index in [4.69, 9.17) is 5.26 Å². The fraction of sp³-hybridized carbons (Fsp3) is 0.583. The van der Waals surface area contributed by atoms with Crippen LogP contribution in [0.25, 0.3) is 0 Å². The van der Waals surface area contributed by atoms with Crippen molar-refractivity contribution in [2.45, 2.75) is 26.7 Å². The number of rotatable bonds is 7. The van der Waals surface area contributed by atoms with Crippen LogP contribution in [-0.4, -0.2) is 29.6 Å². The second-order valence-corrected chi connectivity index (χ2v) is 3.78. The topological polar surface area (TPSA) is 64.8 Å². The molecule has 5 nitrogen and oxygen atoms in total. The molecule has 18 heavy (non-hydrogen) atoms. The Hall–Kier alpha value is -1.90. The average Bonchev–Trinajstić information content (AvgIpc) is 2.39. The van der Waals surface area contributed by atoms with E-state index < -0.39 is 5.82 Å². The molecule has 0 aliphatic rings. The zero-order chi connectivity index (χ0) is 13.4. The second-order valence-electron chi connectivity index (χ2n) is 3.78. The SMILES string of the molecule is CCCNc1ncc(F)c(N(CC)CCC#N)n1. The van der Waals surface area contributed by atoms with Crippen molar-refractivity contribution in [2.75, 3.05) is 29.9 Å². The van der Waals surface area contributed by atoms with E-state index in [9.17, 15) is 4.39 Å². The molecule has 0 aromatic carbocycles. The minimum Gasteiger partial charge on any atom is -0.354 e. The summed E-state index contributed by atoms with van der Waals surface area (Å²) in [4.78, 5) is 9.77. The van der Waals surface area contributed by atoms with E-state index >= 15 is 0 Å². The summed E-state index contributed by atoms with van der Waals surface area (Å²) in [6, 6.07) is 2.05. The zero-order valence-corrected chi connectivity index (χ0v) is 10.8. The first-order chi connectivity index (χ1) is 8.72. The maximum Gasteiger partial charge on any atom is 0.224 e. The van der Waals surface area contributed by atoms with E-state index in [1.54, 1.807) is 4.90 Å². The van der Waals surface area contributed by atoms with Crippen molar-refractivity contribution in [1.82, 2.24) is 9.97 Å². The maximum atomic E-state index is 13.7. The third kappa shape index (κ3) is 3.84. The molecule has 98 valence electrons. The predicted octanol–water partition coefficient (Wildman–Crippen LogP) is 2.18. The highest BCUT2D eigenvalue weighted by atomic mass is 19.1. The Morgan fingerprint density at radius 2 is 2.28 bits per heavy atom. The van der Waals surface area contributed by atoms with Crippen molar-refractivity contribution in [3.05, 3.63) is 12.0 Å². The highest BCUT2D eigenvalue weighted by Gasteiger charge is 2.13. The fourth-order valence-corrected chi connectivity index (χ4v) is 1.50. The van der Waals surface area contributed by atoms with Gasteiger partial charge in [0, 0.05) is 19.6 Å². The van der Waals surface area contributed by atoms with Crippen molar-refractivity contribution in [3.63, 3.8) is 0 Å². The van der Waals surface area contributed by atoms with E-state index in [-0.39, 0.29) is 5.82 Å². The molecular formula is C12H18FN5. The lowest BCUT2D eigenvalue weighted by molar-refractivity contribution is 0.603. The summed E-state index contributed by atoms with van der Waals surface area (Å²) in [7, 11) is 0. The van der Waals surface area contributed by atoms with E-state index in [0.29, 0.717) is 25.5 Å². The number of nitriles is 1. The Balaban J connectivity index is 2.87. The Morgan fingerprint density at radius 3 is 2.89 bits per heavy atom. The summed E-state index contributed by atoms with van der Waals surface area (Å²) in [5.41, 5.74) is 0. The molecule has 6 heteroatoms. The monoisotopic (exact) mass is 251 g/mol. The van der Waals surface area contributed by atoms with Gasteiger partial charge in [-0.05, 0) is 13.3 Å². The summed E-state index contributed by atoms with van der Waals surface area (Å²) in [5.74, 6) is 0.210. The second kappa shape index (κ2) is 7.43. The molecule has 0 amide bonds. The van der Waals surface area contributed by atoms with Gasteiger partial charge >= 0.3 is 0 Å². The molecule has 0 bridgehead atoms. The van der Waals surface area contributed by atoms with Crippen LogP contribution in [0.5, 0.6) is 0 Å². The van der Waals surface area contributed by atoms with Crippen molar-refractivity contribution < 1.29 is 4.39 Å². The lowest BCUT2D eigenvalue weighted by Crippen LogP contribution is -2.26. The van der Waals surface area contributed by atoms with Crippen molar-refractivity contribution >= 4 is 11.8 Å².